The first kappa shape index (κ1) is 32.1. The van der Waals surface area contributed by atoms with Crippen LogP contribution in [0.4, 0.5) is 30.6 Å². The quantitative estimate of drug-likeness (QED) is 0.330. The van der Waals surface area contributed by atoms with Gasteiger partial charge in [-0.1, -0.05) is 13.8 Å². The summed E-state index contributed by atoms with van der Waals surface area (Å²) in [6, 6.07) is 6.05. The van der Waals surface area contributed by atoms with Crippen molar-refractivity contribution in [1.29, 1.82) is 0 Å². The summed E-state index contributed by atoms with van der Waals surface area (Å²) in [5.74, 6) is -0.787. The molecule has 1 saturated carbocycles. The van der Waals surface area contributed by atoms with Crippen molar-refractivity contribution in [3.05, 3.63) is 41.6 Å². The zero-order valence-electron chi connectivity index (χ0n) is 23.1. The first-order valence-corrected chi connectivity index (χ1v) is 13.8. The van der Waals surface area contributed by atoms with E-state index in [0.29, 0.717) is 36.6 Å². The number of halogens is 3. The predicted octanol–water partition coefficient (Wildman–Crippen LogP) is 5.05. The van der Waals surface area contributed by atoms with E-state index < -0.39 is 23.7 Å². The number of aromatic nitrogens is 2. The summed E-state index contributed by atoms with van der Waals surface area (Å²) in [4.78, 5) is 35.5. The number of carbonyl (C=O) groups is 2. The molecule has 3 atom stereocenters. The molecule has 4 N–H and O–H groups in total. The van der Waals surface area contributed by atoms with E-state index in [1.807, 2.05) is 13.8 Å². The Hall–Kier alpha value is -3.41. The number of hydrogen-bond acceptors (Lipinski definition) is 7. The molecule has 1 aliphatic carbocycles. The third kappa shape index (κ3) is 8.79. The molecule has 1 aromatic heterocycles. The Labute approximate surface area is 240 Å². The van der Waals surface area contributed by atoms with Crippen molar-refractivity contribution in [1.82, 2.24) is 25.5 Å². The van der Waals surface area contributed by atoms with Crippen molar-refractivity contribution in [3.63, 3.8) is 0 Å². The van der Waals surface area contributed by atoms with Crippen LogP contribution in [-0.4, -0.2) is 65.4 Å². The molecule has 1 aromatic carbocycles. The molecule has 1 saturated heterocycles. The number of alkyl halides is 3. The summed E-state index contributed by atoms with van der Waals surface area (Å²) in [5.41, 5.74) is 0.00715. The molecule has 1 unspecified atom stereocenters. The number of rotatable bonds is 9. The van der Waals surface area contributed by atoms with Gasteiger partial charge in [0.2, 0.25) is 11.9 Å². The van der Waals surface area contributed by atoms with Crippen molar-refractivity contribution < 1.29 is 22.8 Å². The van der Waals surface area contributed by atoms with E-state index >= 15 is 0 Å². The van der Waals surface area contributed by atoms with Gasteiger partial charge in [-0.2, -0.15) is 18.2 Å². The summed E-state index contributed by atoms with van der Waals surface area (Å²) < 4.78 is 41.3. The van der Waals surface area contributed by atoms with Crippen LogP contribution in [0.2, 0.25) is 0 Å². The minimum absolute atomic E-state index is 0. The lowest BCUT2D eigenvalue weighted by molar-refractivity contribution is -0.137. The Balaban J connectivity index is 0.00000462. The molecule has 0 spiro atoms. The van der Waals surface area contributed by atoms with E-state index in [0.717, 1.165) is 38.5 Å². The fourth-order valence-electron chi connectivity index (χ4n) is 5.39. The molecule has 2 amide bonds. The molecule has 9 nitrogen and oxygen atoms in total. The van der Waals surface area contributed by atoms with Crippen molar-refractivity contribution in [2.45, 2.75) is 71.6 Å². The largest absolute Gasteiger partial charge is 0.421 e. The van der Waals surface area contributed by atoms with Crippen LogP contribution in [0.15, 0.2) is 30.5 Å². The monoisotopic (exact) mass is 577 g/mol. The minimum Gasteiger partial charge on any atom is -0.366 e. The van der Waals surface area contributed by atoms with Crippen molar-refractivity contribution in [2.24, 2.45) is 11.8 Å². The summed E-state index contributed by atoms with van der Waals surface area (Å²) in [5, 5.41) is 11.6. The Kier molecular flexibility index (Phi) is 10.9. The Morgan fingerprint density at radius 1 is 1.10 bits per heavy atom. The topological polar surface area (TPSA) is 111 Å². The molecule has 41 heavy (non-hydrogen) atoms. The highest BCUT2D eigenvalue weighted by Gasteiger charge is 2.39. The van der Waals surface area contributed by atoms with Crippen LogP contribution in [0, 0.1) is 11.8 Å². The highest BCUT2D eigenvalue weighted by atomic mass is 19.4. The third-order valence-electron chi connectivity index (χ3n) is 7.38. The SMILES string of the molecule is C.CC(C)NC(=O)[C@H]1CCC[C@H]1Nc1nc(Nc2ccc(C(=O)NCC3CCCN(C)C3)cc2)ncc1C(F)(F)F. The van der Waals surface area contributed by atoms with E-state index in [4.69, 9.17) is 0 Å². The lowest BCUT2D eigenvalue weighted by Crippen LogP contribution is -2.41. The van der Waals surface area contributed by atoms with Gasteiger partial charge < -0.3 is 26.2 Å². The van der Waals surface area contributed by atoms with Gasteiger partial charge in [0.05, 0.1) is 5.92 Å². The van der Waals surface area contributed by atoms with Gasteiger partial charge in [0.25, 0.3) is 5.91 Å². The molecule has 2 fully saturated rings. The van der Waals surface area contributed by atoms with Crippen molar-refractivity contribution in [3.8, 4) is 0 Å². The second-order valence-corrected chi connectivity index (χ2v) is 11.1. The molecular weight excluding hydrogens is 535 g/mol. The Bertz CT molecular complexity index is 1170. The third-order valence-corrected chi connectivity index (χ3v) is 7.38. The van der Waals surface area contributed by atoms with Gasteiger partial charge in [0.1, 0.15) is 11.4 Å². The van der Waals surface area contributed by atoms with Crippen LogP contribution in [0.25, 0.3) is 0 Å². The zero-order chi connectivity index (χ0) is 28.9. The maximum Gasteiger partial charge on any atom is 0.421 e. The molecule has 2 aliphatic rings. The molecule has 1 aliphatic heterocycles. The number of anilines is 3. The first-order chi connectivity index (χ1) is 19.0. The number of nitrogens with zero attached hydrogens (tertiary/aromatic N) is 3. The number of nitrogens with one attached hydrogen (secondary N) is 4. The van der Waals surface area contributed by atoms with Crippen molar-refractivity contribution >= 4 is 29.3 Å². The lowest BCUT2D eigenvalue weighted by Gasteiger charge is -2.29. The second-order valence-electron chi connectivity index (χ2n) is 11.1. The molecular formula is C29H42F3N7O2. The van der Waals surface area contributed by atoms with Crippen LogP contribution in [-0.2, 0) is 11.0 Å². The Morgan fingerprint density at radius 2 is 1.83 bits per heavy atom. The summed E-state index contributed by atoms with van der Waals surface area (Å²) >= 11 is 0. The van der Waals surface area contributed by atoms with E-state index in [1.54, 1.807) is 24.3 Å². The van der Waals surface area contributed by atoms with Crippen LogP contribution in [0.5, 0.6) is 0 Å². The predicted molar refractivity (Wildman–Crippen MR) is 154 cm³/mol. The standard InChI is InChI=1S/C28H38F3N7O2.CH4/c1-17(2)34-26(40)21-7-4-8-23(21)36-24-22(28(29,30)31)15-33-27(37-24)35-20-11-9-19(10-12-20)25(39)32-14-18-6-5-13-38(3)16-18;/h9-12,15,17-18,21,23H,4-8,13-14,16H2,1-3H3,(H,32,39)(H,34,40)(H2,33,35,36,37);1H4/t18?,21-,23+;/m0./s1. The maximum absolute atomic E-state index is 13.8. The number of carbonyl (C=O) groups excluding carboxylic acids is 2. The number of piperidine rings is 1. The number of benzene rings is 1. The fraction of sp³-hybridized carbons (Fsp3) is 0.586. The highest BCUT2D eigenvalue weighted by molar-refractivity contribution is 5.94. The Morgan fingerprint density at radius 3 is 2.49 bits per heavy atom. The molecule has 2 heterocycles. The van der Waals surface area contributed by atoms with E-state index in [2.05, 4.69) is 43.2 Å². The molecule has 12 heteroatoms. The van der Waals surface area contributed by atoms with Gasteiger partial charge in [0, 0.05) is 42.6 Å². The number of hydrogen-bond donors (Lipinski definition) is 4. The van der Waals surface area contributed by atoms with Gasteiger partial charge in [-0.25, -0.2) is 4.98 Å². The van der Waals surface area contributed by atoms with Crippen LogP contribution >= 0.6 is 0 Å². The van der Waals surface area contributed by atoms with Gasteiger partial charge in [-0.15, -0.1) is 0 Å². The molecule has 4 rings (SSSR count). The minimum atomic E-state index is -4.67. The van der Waals surface area contributed by atoms with Crippen LogP contribution < -0.4 is 21.3 Å². The van der Waals surface area contributed by atoms with Gasteiger partial charge in [-0.05, 0) is 83.3 Å². The zero-order valence-corrected chi connectivity index (χ0v) is 23.1. The normalized spacial score (nSPS) is 21.2. The van der Waals surface area contributed by atoms with Gasteiger partial charge in [-0.3, -0.25) is 9.59 Å². The molecule has 2 aromatic rings. The van der Waals surface area contributed by atoms with E-state index in [9.17, 15) is 22.8 Å². The number of amides is 2. The molecule has 0 radical (unpaired) electrons. The summed E-state index contributed by atoms with van der Waals surface area (Å²) in [7, 11) is 2.08. The van der Waals surface area contributed by atoms with E-state index in [-0.39, 0.29) is 37.0 Å². The van der Waals surface area contributed by atoms with Crippen LogP contribution in [0.3, 0.4) is 0 Å². The van der Waals surface area contributed by atoms with Crippen LogP contribution in [0.1, 0.15) is 69.3 Å². The summed E-state index contributed by atoms with van der Waals surface area (Å²) in [6.07, 6.45) is 0.145. The molecule has 226 valence electrons. The average molecular weight is 578 g/mol. The molecule has 0 bridgehead atoms. The highest BCUT2D eigenvalue weighted by Crippen LogP contribution is 2.36. The van der Waals surface area contributed by atoms with Gasteiger partial charge in [0.15, 0.2) is 0 Å². The van der Waals surface area contributed by atoms with E-state index in [1.165, 1.54) is 0 Å². The first-order valence-electron chi connectivity index (χ1n) is 13.8. The second kappa shape index (κ2) is 14.0. The average Bonchev–Trinajstić information content (AvgIpc) is 3.35. The van der Waals surface area contributed by atoms with Crippen molar-refractivity contribution in [2.75, 3.05) is 37.3 Å². The maximum atomic E-state index is 13.8. The number of likely N-dealkylation sites (tertiary alicyclic amines) is 1. The lowest BCUT2D eigenvalue weighted by atomic mass is 9.98. The summed E-state index contributed by atoms with van der Waals surface area (Å²) in [6.45, 7) is 6.33. The smallest absolute Gasteiger partial charge is 0.366 e. The van der Waals surface area contributed by atoms with Gasteiger partial charge >= 0.3 is 6.18 Å². The fourth-order valence-corrected chi connectivity index (χ4v) is 5.39.